The van der Waals surface area contributed by atoms with Gasteiger partial charge in [0.2, 0.25) is 0 Å². The maximum absolute atomic E-state index is 5.70. The van der Waals surface area contributed by atoms with Gasteiger partial charge in [-0.25, -0.2) is 0 Å². The van der Waals surface area contributed by atoms with Crippen LogP contribution in [0.15, 0.2) is 30.3 Å². The van der Waals surface area contributed by atoms with E-state index >= 15 is 0 Å². The zero-order valence-electron chi connectivity index (χ0n) is 14.6. The van der Waals surface area contributed by atoms with E-state index in [0.29, 0.717) is 18.1 Å². The predicted molar refractivity (Wildman–Crippen MR) is 98.6 cm³/mol. The van der Waals surface area contributed by atoms with Crippen LogP contribution in [0.1, 0.15) is 32.1 Å². The number of benzene rings is 1. The van der Waals surface area contributed by atoms with Gasteiger partial charge in [0.15, 0.2) is 0 Å². The highest BCUT2D eigenvalue weighted by Crippen LogP contribution is 2.31. The molecule has 0 radical (unpaired) electrons. The van der Waals surface area contributed by atoms with Crippen molar-refractivity contribution in [1.82, 2.24) is 10.6 Å². The summed E-state index contributed by atoms with van der Waals surface area (Å²) < 4.78 is 5.70. The number of morpholine rings is 1. The minimum atomic E-state index is 0.558. The Kier molecular flexibility index (Phi) is 5.36. The second-order valence-corrected chi connectivity index (χ2v) is 7.60. The van der Waals surface area contributed by atoms with Gasteiger partial charge in [-0.2, -0.15) is 0 Å². The molecule has 2 N–H and O–H groups in total. The molecule has 0 bridgehead atoms. The Bertz CT molecular complexity index is 495. The van der Waals surface area contributed by atoms with E-state index in [9.17, 15) is 0 Å². The van der Waals surface area contributed by atoms with E-state index in [0.717, 1.165) is 25.7 Å². The van der Waals surface area contributed by atoms with Gasteiger partial charge in [-0.3, -0.25) is 0 Å². The first-order valence-corrected chi connectivity index (χ1v) is 9.77. The van der Waals surface area contributed by atoms with Crippen molar-refractivity contribution in [2.45, 2.75) is 50.2 Å². The number of nitrogens with zero attached hydrogens (tertiary/aromatic N) is 1. The lowest BCUT2D eigenvalue weighted by Crippen LogP contribution is -2.53. The molecule has 1 saturated carbocycles. The molecule has 24 heavy (non-hydrogen) atoms. The summed E-state index contributed by atoms with van der Waals surface area (Å²) in [4.78, 5) is 2.53. The summed E-state index contributed by atoms with van der Waals surface area (Å²) in [6.45, 7) is 5.13. The number of hydrogen-bond donors (Lipinski definition) is 2. The molecule has 3 fully saturated rings. The minimum absolute atomic E-state index is 0.558. The van der Waals surface area contributed by atoms with E-state index < -0.39 is 0 Å². The molecular formula is C20H31N3O. The molecule has 2 heterocycles. The first-order chi connectivity index (χ1) is 11.9. The SMILES string of the molecule is c1ccc(N2CCC(NC3CCCC3C3COCCN3)CC2)cc1. The third-order valence-electron chi connectivity index (χ3n) is 6.10. The fourth-order valence-corrected chi connectivity index (χ4v) is 4.78. The van der Waals surface area contributed by atoms with Crippen LogP contribution in [-0.2, 0) is 4.74 Å². The lowest BCUT2D eigenvalue weighted by Gasteiger charge is -2.38. The van der Waals surface area contributed by atoms with Crippen LogP contribution in [-0.4, -0.2) is 51.0 Å². The second-order valence-electron chi connectivity index (χ2n) is 7.60. The van der Waals surface area contributed by atoms with Crippen molar-refractivity contribution in [3.63, 3.8) is 0 Å². The number of piperidine rings is 1. The van der Waals surface area contributed by atoms with Crippen LogP contribution < -0.4 is 15.5 Å². The van der Waals surface area contributed by atoms with Gasteiger partial charge in [-0.1, -0.05) is 24.6 Å². The van der Waals surface area contributed by atoms with Crippen molar-refractivity contribution >= 4 is 5.69 Å². The fraction of sp³-hybridized carbons (Fsp3) is 0.700. The molecule has 1 aromatic rings. The number of hydrogen-bond acceptors (Lipinski definition) is 4. The van der Waals surface area contributed by atoms with Crippen molar-refractivity contribution in [3.05, 3.63) is 30.3 Å². The van der Waals surface area contributed by atoms with Crippen LogP contribution in [0.3, 0.4) is 0 Å². The van der Waals surface area contributed by atoms with Gasteiger partial charge < -0.3 is 20.3 Å². The highest BCUT2D eigenvalue weighted by atomic mass is 16.5. The summed E-state index contributed by atoms with van der Waals surface area (Å²) in [7, 11) is 0. The van der Waals surface area contributed by atoms with Gasteiger partial charge in [-0.05, 0) is 43.7 Å². The molecule has 3 unspecified atom stereocenters. The molecule has 0 aromatic heterocycles. The number of nitrogens with one attached hydrogen (secondary N) is 2. The summed E-state index contributed by atoms with van der Waals surface area (Å²) in [6, 6.07) is 12.8. The summed E-state index contributed by atoms with van der Waals surface area (Å²) in [5, 5.41) is 7.70. The van der Waals surface area contributed by atoms with Gasteiger partial charge in [0.25, 0.3) is 0 Å². The number of rotatable bonds is 4. The predicted octanol–water partition coefficient (Wildman–Crippen LogP) is 2.40. The second kappa shape index (κ2) is 7.85. The third kappa shape index (κ3) is 3.76. The van der Waals surface area contributed by atoms with Crippen LogP contribution in [0.5, 0.6) is 0 Å². The Morgan fingerprint density at radius 1 is 1.04 bits per heavy atom. The third-order valence-corrected chi connectivity index (χ3v) is 6.10. The van der Waals surface area contributed by atoms with Crippen molar-refractivity contribution in [1.29, 1.82) is 0 Å². The minimum Gasteiger partial charge on any atom is -0.379 e. The lowest BCUT2D eigenvalue weighted by atomic mass is 9.92. The van der Waals surface area contributed by atoms with Crippen molar-refractivity contribution in [2.75, 3.05) is 37.7 Å². The molecule has 1 aliphatic carbocycles. The first kappa shape index (κ1) is 16.4. The van der Waals surface area contributed by atoms with Crippen LogP contribution in [0.2, 0.25) is 0 Å². The molecule has 0 amide bonds. The van der Waals surface area contributed by atoms with Crippen LogP contribution in [0, 0.1) is 5.92 Å². The molecule has 132 valence electrons. The van der Waals surface area contributed by atoms with E-state index in [2.05, 4.69) is 45.9 Å². The van der Waals surface area contributed by atoms with E-state index in [4.69, 9.17) is 4.74 Å². The molecule has 3 atom stereocenters. The summed E-state index contributed by atoms with van der Waals surface area (Å²) in [5.74, 6) is 0.748. The topological polar surface area (TPSA) is 36.5 Å². The van der Waals surface area contributed by atoms with Gasteiger partial charge in [0.1, 0.15) is 0 Å². The first-order valence-electron chi connectivity index (χ1n) is 9.77. The zero-order chi connectivity index (χ0) is 16.2. The van der Waals surface area contributed by atoms with Gasteiger partial charge in [-0.15, -0.1) is 0 Å². The Morgan fingerprint density at radius 3 is 2.62 bits per heavy atom. The Balaban J connectivity index is 1.28. The average molecular weight is 329 g/mol. The molecule has 1 aromatic carbocycles. The largest absolute Gasteiger partial charge is 0.379 e. The smallest absolute Gasteiger partial charge is 0.0623 e. The molecule has 4 nitrogen and oxygen atoms in total. The summed E-state index contributed by atoms with van der Waals surface area (Å²) in [5.41, 5.74) is 1.37. The normalized spacial score (nSPS) is 32.2. The Labute approximate surface area is 145 Å². The monoisotopic (exact) mass is 329 g/mol. The van der Waals surface area contributed by atoms with E-state index in [1.54, 1.807) is 0 Å². The van der Waals surface area contributed by atoms with Crippen LogP contribution >= 0.6 is 0 Å². The highest BCUT2D eigenvalue weighted by molar-refractivity contribution is 5.46. The fourth-order valence-electron chi connectivity index (χ4n) is 4.78. The summed E-state index contributed by atoms with van der Waals surface area (Å²) in [6.07, 6.45) is 6.56. The average Bonchev–Trinajstić information content (AvgIpc) is 3.12. The Hall–Kier alpha value is -1.10. The molecule has 4 heteroatoms. The van der Waals surface area contributed by atoms with Gasteiger partial charge in [0.05, 0.1) is 13.2 Å². The van der Waals surface area contributed by atoms with Gasteiger partial charge in [0, 0.05) is 43.4 Å². The molecule has 0 spiro atoms. The van der Waals surface area contributed by atoms with Crippen molar-refractivity contribution < 1.29 is 4.74 Å². The maximum atomic E-state index is 5.70. The van der Waals surface area contributed by atoms with E-state index in [1.807, 2.05) is 0 Å². The number of para-hydroxylation sites is 1. The number of ether oxygens (including phenoxy) is 1. The lowest BCUT2D eigenvalue weighted by molar-refractivity contribution is 0.0514. The van der Waals surface area contributed by atoms with Crippen LogP contribution in [0.4, 0.5) is 5.69 Å². The standard InChI is InChI=1S/C20H31N3O/c1-2-5-17(6-3-1)23-12-9-16(10-13-23)22-19-8-4-7-18(19)20-15-24-14-11-21-20/h1-3,5-6,16,18-22H,4,7-15H2. The molecular weight excluding hydrogens is 298 g/mol. The molecule has 2 aliphatic heterocycles. The van der Waals surface area contributed by atoms with Crippen LogP contribution in [0.25, 0.3) is 0 Å². The maximum Gasteiger partial charge on any atom is 0.0623 e. The van der Waals surface area contributed by atoms with E-state index in [1.165, 1.54) is 50.9 Å². The molecule has 4 rings (SSSR count). The number of anilines is 1. The molecule has 2 saturated heterocycles. The zero-order valence-corrected chi connectivity index (χ0v) is 14.6. The summed E-state index contributed by atoms with van der Waals surface area (Å²) >= 11 is 0. The quantitative estimate of drug-likeness (QED) is 0.889. The van der Waals surface area contributed by atoms with Crippen molar-refractivity contribution in [3.8, 4) is 0 Å². The highest BCUT2D eigenvalue weighted by Gasteiger charge is 2.36. The van der Waals surface area contributed by atoms with Crippen molar-refractivity contribution in [2.24, 2.45) is 5.92 Å². The van der Waals surface area contributed by atoms with E-state index in [-0.39, 0.29) is 0 Å². The Morgan fingerprint density at radius 2 is 1.88 bits per heavy atom. The molecule has 3 aliphatic rings. The van der Waals surface area contributed by atoms with Gasteiger partial charge >= 0.3 is 0 Å².